The molecule has 2 aromatic rings. The van der Waals surface area contributed by atoms with Gasteiger partial charge in [0.1, 0.15) is 0 Å². The zero-order valence-electron chi connectivity index (χ0n) is 26.3. The molecule has 0 spiro atoms. The average molecular weight is 648 g/mol. The molecule has 254 valence electrons. The van der Waals surface area contributed by atoms with Gasteiger partial charge >= 0.3 is 0 Å². The fourth-order valence-corrected chi connectivity index (χ4v) is 3.65. The van der Waals surface area contributed by atoms with Crippen LogP contribution in [0.25, 0.3) is 21.8 Å². The van der Waals surface area contributed by atoms with Crippen LogP contribution in [0.5, 0.6) is 0 Å². The molecule has 0 fully saturated rings. The number of nitrogens with two attached hydrogens (primary N) is 1. The van der Waals surface area contributed by atoms with Crippen LogP contribution in [0.2, 0.25) is 0 Å². The monoisotopic (exact) mass is 647 g/mol. The molecule has 0 aliphatic carbocycles. The van der Waals surface area contributed by atoms with Crippen molar-refractivity contribution in [2.75, 3.05) is 105 Å². The van der Waals surface area contributed by atoms with Gasteiger partial charge < -0.3 is 40.1 Å². The highest BCUT2D eigenvalue weighted by Gasteiger charge is 2.15. The summed E-state index contributed by atoms with van der Waals surface area (Å²) in [5.74, 6) is 0.417. The molecule has 18 nitrogen and oxygen atoms in total. The van der Waals surface area contributed by atoms with Gasteiger partial charge in [-0.1, -0.05) is 29.4 Å². The number of carbonyl (C=O) groups is 2. The first-order valence-corrected chi connectivity index (χ1v) is 15.0. The number of azide groups is 1. The number of hydrogen-bond donors (Lipinski definition) is 3. The minimum Gasteiger partial charge on any atom is -0.379 e. The van der Waals surface area contributed by atoms with Crippen molar-refractivity contribution in [1.82, 2.24) is 35.9 Å². The quantitative estimate of drug-likeness (QED) is 0.0486. The summed E-state index contributed by atoms with van der Waals surface area (Å²) in [6.45, 7) is 7.20. The molecule has 18 heteroatoms. The van der Waals surface area contributed by atoms with E-state index in [4.69, 9.17) is 34.9 Å². The van der Waals surface area contributed by atoms with Gasteiger partial charge in [-0.2, -0.15) is 0 Å². The summed E-state index contributed by atoms with van der Waals surface area (Å²) in [7, 11) is 0. The van der Waals surface area contributed by atoms with Gasteiger partial charge in [0, 0.05) is 43.2 Å². The van der Waals surface area contributed by atoms with Crippen LogP contribution in [-0.2, 0) is 39.8 Å². The lowest BCUT2D eigenvalue weighted by molar-refractivity contribution is -0.125. The molecular weight excluding hydrogens is 602 g/mol. The number of benzene rings is 1. The largest absolute Gasteiger partial charge is 0.379 e. The molecule has 4 N–H and O–H groups in total. The Morgan fingerprint density at radius 1 is 0.804 bits per heavy atom. The molecular formula is C28H45N11O7. The van der Waals surface area contributed by atoms with Crippen molar-refractivity contribution >= 4 is 11.8 Å². The first kappa shape index (κ1) is 38.3. The second kappa shape index (κ2) is 25.3. The van der Waals surface area contributed by atoms with Crippen LogP contribution in [0, 0.1) is 6.92 Å². The zero-order chi connectivity index (χ0) is 33.1. The van der Waals surface area contributed by atoms with Gasteiger partial charge in [0.15, 0.2) is 5.82 Å². The van der Waals surface area contributed by atoms with E-state index in [2.05, 4.69) is 41.1 Å². The Bertz CT molecular complexity index is 1150. The summed E-state index contributed by atoms with van der Waals surface area (Å²) in [5, 5.41) is 25.0. The first-order chi connectivity index (χ1) is 22.5. The van der Waals surface area contributed by atoms with Crippen molar-refractivity contribution in [2.24, 2.45) is 10.8 Å². The van der Waals surface area contributed by atoms with Crippen LogP contribution < -0.4 is 16.4 Å². The molecule has 2 rings (SSSR count). The van der Waals surface area contributed by atoms with Crippen LogP contribution in [0.4, 0.5) is 0 Å². The summed E-state index contributed by atoms with van der Waals surface area (Å²) in [4.78, 5) is 29.7. The molecule has 0 bridgehead atoms. The molecule has 0 unspecified atom stereocenters. The fourth-order valence-electron chi connectivity index (χ4n) is 3.65. The lowest BCUT2D eigenvalue weighted by Gasteiger charge is -2.21. The number of ether oxygens (including phenoxy) is 5. The molecule has 0 aliphatic rings. The van der Waals surface area contributed by atoms with E-state index in [9.17, 15) is 9.59 Å². The van der Waals surface area contributed by atoms with E-state index in [1.165, 1.54) is 0 Å². The average Bonchev–Trinajstić information content (AvgIpc) is 3.06. The van der Waals surface area contributed by atoms with Gasteiger partial charge in [0.25, 0.3) is 0 Å². The molecule has 0 radical (unpaired) electrons. The SMILES string of the molecule is Cc1nnc(-c2ccc(CNC(=O)CN(CCOCCOCCOCCN)CC(=O)NCCOCCOCCN=[N+]=[N-])cc2)nn1. The van der Waals surface area contributed by atoms with Crippen LogP contribution in [0.15, 0.2) is 29.4 Å². The standard InChI is InChI=1S/C28H45N11O7/c1-23-34-36-28(37-35-23)25-4-2-24(3-5-25)20-32-27(41)22-39(9-13-45-17-19-46-18-14-42-10-6-29)21-26(40)31-7-11-43-15-16-44-12-8-33-38-30/h2-5H,6-22,29H2,1H3,(H,31,40)(H,32,41). The summed E-state index contributed by atoms with van der Waals surface area (Å²) in [5.41, 5.74) is 15.2. The van der Waals surface area contributed by atoms with Gasteiger partial charge in [-0.15, -0.1) is 20.4 Å². The van der Waals surface area contributed by atoms with E-state index in [1.807, 2.05) is 24.3 Å². The van der Waals surface area contributed by atoms with Crippen molar-refractivity contribution in [3.63, 3.8) is 0 Å². The van der Waals surface area contributed by atoms with Gasteiger partial charge in [-0.05, 0) is 18.0 Å². The number of nitrogens with one attached hydrogen (secondary N) is 2. The molecule has 1 heterocycles. The third-order valence-corrected chi connectivity index (χ3v) is 5.91. The number of carbonyl (C=O) groups excluding carboxylic acids is 2. The van der Waals surface area contributed by atoms with Crippen molar-refractivity contribution in [3.05, 3.63) is 46.1 Å². The van der Waals surface area contributed by atoms with E-state index in [0.717, 1.165) is 11.1 Å². The fraction of sp³-hybridized carbons (Fsp3) is 0.643. The summed E-state index contributed by atoms with van der Waals surface area (Å²) >= 11 is 0. The number of rotatable bonds is 27. The summed E-state index contributed by atoms with van der Waals surface area (Å²) in [6, 6.07) is 7.40. The van der Waals surface area contributed by atoms with Gasteiger partial charge in [-0.3, -0.25) is 14.5 Å². The maximum absolute atomic E-state index is 12.8. The van der Waals surface area contributed by atoms with Crippen molar-refractivity contribution < 1.29 is 33.3 Å². The minimum absolute atomic E-state index is 0.00159. The zero-order valence-corrected chi connectivity index (χ0v) is 26.3. The number of hydrogen-bond acceptors (Lipinski definition) is 14. The molecule has 0 saturated heterocycles. The third kappa shape index (κ3) is 18.8. The Hall–Kier alpha value is -3.87. The highest BCUT2D eigenvalue weighted by molar-refractivity contribution is 5.81. The predicted octanol–water partition coefficient (Wildman–Crippen LogP) is -0.372. The lowest BCUT2D eigenvalue weighted by atomic mass is 10.1. The maximum Gasteiger partial charge on any atom is 0.234 e. The molecule has 1 aromatic carbocycles. The summed E-state index contributed by atoms with van der Waals surface area (Å²) in [6.07, 6.45) is 0. The highest BCUT2D eigenvalue weighted by atomic mass is 16.5. The normalized spacial score (nSPS) is 10.9. The van der Waals surface area contributed by atoms with Crippen LogP contribution >= 0.6 is 0 Å². The Labute approximate surface area is 268 Å². The molecule has 1 aromatic heterocycles. The van der Waals surface area contributed by atoms with Crippen molar-refractivity contribution in [2.45, 2.75) is 13.5 Å². The second-order valence-electron chi connectivity index (χ2n) is 9.61. The second-order valence-corrected chi connectivity index (χ2v) is 9.61. The van der Waals surface area contributed by atoms with Crippen LogP contribution in [0.3, 0.4) is 0 Å². The molecule has 0 aliphatic heterocycles. The lowest BCUT2D eigenvalue weighted by Crippen LogP contribution is -2.44. The van der Waals surface area contributed by atoms with Gasteiger partial charge in [0.2, 0.25) is 17.6 Å². The highest BCUT2D eigenvalue weighted by Crippen LogP contribution is 2.14. The summed E-state index contributed by atoms with van der Waals surface area (Å²) < 4.78 is 27.0. The van der Waals surface area contributed by atoms with E-state index in [-0.39, 0.29) is 31.4 Å². The topological polar surface area (TPSA) is 234 Å². The van der Waals surface area contributed by atoms with Crippen molar-refractivity contribution in [3.8, 4) is 11.4 Å². The van der Waals surface area contributed by atoms with E-state index in [1.54, 1.807) is 11.8 Å². The Balaban J connectivity index is 1.74. The van der Waals surface area contributed by atoms with Crippen LogP contribution in [-0.4, -0.2) is 142 Å². The Kier molecular flexibility index (Phi) is 21.1. The first-order valence-electron chi connectivity index (χ1n) is 15.0. The van der Waals surface area contributed by atoms with Gasteiger partial charge in [-0.25, -0.2) is 0 Å². The van der Waals surface area contributed by atoms with E-state index < -0.39 is 0 Å². The molecule has 2 amide bonds. The van der Waals surface area contributed by atoms with Crippen LogP contribution in [0.1, 0.15) is 11.4 Å². The molecule has 0 atom stereocenters. The maximum atomic E-state index is 12.8. The third-order valence-electron chi connectivity index (χ3n) is 5.91. The minimum atomic E-state index is -0.249. The smallest absolute Gasteiger partial charge is 0.234 e. The molecule has 46 heavy (non-hydrogen) atoms. The number of aromatic nitrogens is 4. The van der Waals surface area contributed by atoms with E-state index >= 15 is 0 Å². The number of nitrogens with zero attached hydrogens (tertiary/aromatic N) is 8. The van der Waals surface area contributed by atoms with Crippen molar-refractivity contribution in [1.29, 1.82) is 0 Å². The number of aryl methyl sites for hydroxylation is 1. The Morgan fingerprint density at radius 2 is 1.37 bits per heavy atom. The predicted molar refractivity (Wildman–Crippen MR) is 166 cm³/mol. The van der Waals surface area contributed by atoms with Gasteiger partial charge in [0.05, 0.1) is 79.2 Å². The van der Waals surface area contributed by atoms with E-state index in [0.29, 0.717) is 104 Å². The Morgan fingerprint density at radius 3 is 2.00 bits per heavy atom. The molecule has 0 saturated carbocycles. The number of amides is 2.